The van der Waals surface area contributed by atoms with E-state index in [-0.39, 0.29) is 0 Å². The molecule has 0 aromatic carbocycles. The summed E-state index contributed by atoms with van der Waals surface area (Å²) in [5.41, 5.74) is 0. The summed E-state index contributed by atoms with van der Waals surface area (Å²) in [5, 5.41) is 3.56. The van der Waals surface area contributed by atoms with Crippen LogP contribution in [-0.4, -0.2) is 28.3 Å². The summed E-state index contributed by atoms with van der Waals surface area (Å²) in [6.07, 6.45) is 7.43. The fourth-order valence-corrected chi connectivity index (χ4v) is 3.47. The number of unbranched alkanes of at least 4 members (excludes halogenated alkanes) is 2. The van der Waals surface area contributed by atoms with Gasteiger partial charge in [0.25, 0.3) is 0 Å². The minimum Gasteiger partial charge on any atom is -0.313 e. The van der Waals surface area contributed by atoms with E-state index in [0.717, 1.165) is 30.4 Å². The second kappa shape index (κ2) is 8.24. The summed E-state index contributed by atoms with van der Waals surface area (Å²) in [4.78, 5) is 0. The molecule has 1 aliphatic rings. The van der Waals surface area contributed by atoms with Gasteiger partial charge in [0.1, 0.15) is 0 Å². The van der Waals surface area contributed by atoms with E-state index in [1.54, 1.807) is 0 Å². The zero-order valence-electron chi connectivity index (χ0n) is 10.8. The van der Waals surface area contributed by atoms with Gasteiger partial charge in [-0.2, -0.15) is 0 Å². The van der Waals surface area contributed by atoms with Crippen molar-refractivity contribution in [2.24, 2.45) is 5.92 Å². The second-order valence-electron chi connectivity index (χ2n) is 4.92. The summed E-state index contributed by atoms with van der Waals surface area (Å²) in [6.45, 7) is 5.46. The molecule has 0 heterocycles. The fourth-order valence-electron chi connectivity index (χ4n) is 1.99. The molecular weight excluding hydrogens is 218 g/mol. The molecule has 0 aliphatic heterocycles. The van der Waals surface area contributed by atoms with Crippen LogP contribution < -0.4 is 5.32 Å². The molecule has 0 aromatic rings. The maximum absolute atomic E-state index is 11.9. The van der Waals surface area contributed by atoms with Crippen LogP contribution in [0.3, 0.4) is 0 Å². The molecule has 1 fully saturated rings. The monoisotopic (exact) mass is 245 g/mol. The van der Waals surface area contributed by atoms with Gasteiger partial charge in [-0.15, -0.1) is 0 Å². The molecule has 1 saturated carbocycles. The summed E-state index contributed by atoms with van der Waals surface area (Å²) in [7, 11) is -0.598. The van der Waals surface area contributed by atoms with Crippen LogP contribution in [0, 0.1) is 5.92 Å². The SMILES string of the molecule is CCCCCS(=O)CC(NCCC)C1CC1. The summed E-state index contributed by atoms with van der Waals surface area (Å²) in [6, 6.07) is 0.530. The predicted octanol–water partition coefficient (Wildman–Crippen LogP) is 2.70. The Labute approximate surface area is 103 Å². The number of rotatable bonds is 10. The van der Waals surface area contributed by atoms with E-state index in [2.05, 4.69) is 19.2 Å². The van der Waals surface area contributed by atoms with Crippen molar-refractivity contribution < 1.29 is 4.21 Å². The van der Waals surface area contributed by atoms with E-state index in [1.807, 2.05) is 0 Å². The smallest absolute Gasteiger partial charge is 0.0391 e. The van der Waals surface area contributed by atoms with Crippen LogP contribution in [0.1, 0.15) is 52.4 Å². The molecule has 0 saturated heterocycles. The van der Waals surface area contributed by atoms with Crippen molar-refractivity contribution in [1.29, 1.82) is 0 Å². The summed E-state index contributed by atoms with van der Waals surface area (Å²) < 4.78 is 11.9. The van der Waals surface area contributed by atoms with Gasteiger partial charge in [-0.1, -0.05) is 26.7 Å². The van der Waals surface area contributed by atoms with Crippen molar-refractivity contribution in [2.75, 3.05) is 18.1 Å². The molecule has 16 heavy (non-hydrogen) atoms. The molecule has 1 rings (SSSR count). The van der Waals surface area contributed by atoms with Crippen LogP contribution in [0.4, 0.5) is 0 Å². The highest BCUT2D eigenvalue weighted by molar-refractivity contribution is 7.85. The van der Waals surface area contributed by atoms with Crippen molar-refractivity contribution in [3.63, 3.8) is 0 Å². The van der Waals surface area contributed by atoms with Crippen molar-refractivity contribution >= 4 is 10.8 Å². The largest absolute Gasteiger partial charge is 0.313 e. The minimum atomic E-state index is -0.598. The molecule has 0 amide bonds. The van der Waals surface area contributed by atoms with Crippen LogP contribution in [0.2, 0.25) is 0 Å². The quantitative estimate of drug-likeness (QED) is 0.600. The van der Waals surface area contributed by atoms with Crippen molar-refractivity contribution in [2.45, 2.75) is 58.4 Å². The van der Waals surface area contributed by atoms with Gasteiger partial charge < -0.3 is 5.32 Å². The van der Waals surface area contributed by atoms with E-state index in [9.17, 15) is 4.21 Å². The summed E-state index contributed by atoms with van der Waals surface area (Å²) >= 11 is 0. The molecule has 0 radical (unpaired) electrons. The Morgan fingerprint density at radius 3 is 2.56 bits per heavy atom. The van der Waals surface area contributed by atoms with E-state index >= 15 is 0 Å². The Morgan fingerprint density at radius 1 is 1.25 bits per heavy atom. The highest BCUT2D eigenvalue weighted by atomic mass is 32.2. The standard InChI is InChI=1S/C13H27NOS/c1-3-5-6-10-16(15)11-13(12-7-8-12)14-9-4-2/h12-14H,3-11H2,1-2H3. The number of nitrogens with one attached hydrogen (secondary N) is 1. The average molecular weight is 245 g/mol. The third-order valence-electron chi connectivity index (χ3n) is 3.19. The van der Waals surface area contributed by atoms with Crippen molar-refractivity contribution in [3.05, 3.63) is 0 Å². The van der Waals surface area contributed by atoms with Crippen molar-refractivity contribution in [1.82, 2.24) is 5.32 Å². The molecule has 0 bridgehead atoms. The van der Waals surface area contributed by atoms with E-state index < -0.39 is 10.8 Å². The lowest BCUT2D eigenvalue weighted by atomic mass is 10.2. The number of hydrogen-bond donors (Lipinski definition) is 1. The topological polar surface area (TPSA) is 29.1 Å². The lowest BCUT2D eigenvalue weighted by molar-refractivity contribution is 0.498. The first-order valence-electron chi connectivity index (χ1n) is 6.86. The molecule has 1 N–H and O–H groups in total. The fraction of sp³-hybridized carbons (Fsp3) is 1.00. The van der Waals surface area contributed by atoms with Crippen LogP contribution >= 0.6 is 0 Å². The van der Waals surface area contributed by atoms with Gasteiger partial charge in [-0.05, 0) is 38.1 Å². The van der Waals surface area contributed by atoms with Gasteiger partial charge in [0.05, 0.1) is 0 Å². The molecule has 2 unspecified atom stereocenters. The molecule has 3 heteroatoms. The van der Waals surface area contributed by atoms with E-state index in [0.29, 0.717) is 6.04 Å². The lowest BCUT2D eigenvalue weighted by Gasteiger charge is -2.17. The first-order valence-corrected chi connectivity index (χ1v) is 8.35. The normalized spacial score (nSPS) is 19.6. The van der Waals surface area contributed by atoms with E-state index in [1.165, 1.54) is 32.1 Å². The van der Waals surface area contributed by atoms with Gasteiger partial charge in [0.2, 0.25) is 0 Å². The first kappa shape index (κ1) is 14.2. The third kappa shape index (κ3) is 6.00. The Bertz CT molecular complexity index is 204. The average Bonchev–Trinajstić information content (AvgIpc) is 3.08. The van der Waals surface area contributed by atoms with Gasteiger partial charge in [0.15, 0.2) is 0 Å². The highest BCUT2D eigenvalue weighted by Gasteiger charge is 2.31. The van der Waals surface area contributed by atoms with Crippen LogP contribution in [-0.2, 0) is 10.8 Å². The molecule has 2 atom stereocenters. The molecule has 0 aromatic heterocycles. The lowest BCUT2D eigenvalue weighted by Crippen LogP contribution is -2.37. The Morgan fingerprint density at radius 2 is 2.00 bits per heavy atom. The van der Waals surface area contributed by atoms with Gasteiger partial charge in [-0.3, -0.25) is 4.21 Å². The maximum Gasteiger partial charge on any atom is 0.0391 e. The molecule has 1 aliphatic carbocycles. The summed E-state index contributed by atoms with van der Waals surface area (Å²) in [5.74, 6) is 2.61. The predicted molar refractivity (Wildman–Crippen MR) is 72.2 cm³/mol. The van der Waals surface area contributed by atoms with Gasteiger partial charge >= 0.3 is 0 Å². The van der Waals surface area contributed by atoms with E-state index in [4.69, 9.17) is 0 Å². The van der Waals surface area contributed by atoms with Gasteiger partial charge in [-0.25, -0.2) is 0 Å². The highest BCUT2D eigenvalue weighted by Crippen LogP contribution is 2.33. The number of hydrogen-bond acceptors (Lipinski definition) is 2. The Balaban J connectivity index is 2.16. The molecule has 96 valence electrons. The Hall–Kier alpha value is 0.110. The van der Waals surface area contributed by atoms with Crippen LogP contribution in [0.5, 0.6) is 0 Å². The van der Waals surface area contributed by atoms with Crippen molar-refractivity contribution in [3.8, 4) is 0 Å². The maximum atomic E-state index is 11.9. The Kier molecular flexibility index (Phi) is 7.30. The molecule has 0 spiro atoms. The molecule has 2 nitrogen and oxygen atoms in total. The van der Waals surface area contributed by atoms with Crippen LogP contribution in [0.15, 0.2) is 0 Å². The second-order valence-corrected chi connectivity index (χ2v) is 6.54. The zero-order valence-corrected chi connectivity index (χ0v) is 11.7. The minimum absolute atomic E-state index is 0.530. The molecular formula is C13H27NOS. The van der Waals surface area contributed by atoms with Gasteiger partial charge in [0, 0.05) is 28.3 Å². The first-order chi connectivity index (χ1) is 7.77. The van der Waals surface area contributed by atoms with Crippen LogP contribution in [0.25, 0.3) is 0 Å². The third-order valence-corrected chi connectivity index (χ3v) is 4.66. The zero-order chi connectivity index (χ0) is 11.8.